The van der Waals surface area contributed by atoms with Crippen LogP contribution in [0.3, 0.4) is 0 Å². The summed E-state index contributed by atoms with van der Waals surface area (Å²) in [5.41, 5.74) is 3.79. The third kappa shape index (κ3) is 2.84. The second kappa shape index (κ2) is 6.55. The Morgan fingerprint density at radius 2 is 1.96 bits per heavy atom. The van der Waals surface area contributed by atoms with Gasteiger partial charge in [-0.25, -0.2) is 4.98 Å². The van der Waals surface area contributed by atoms with Crippen molar-refractivity contribution < 1.29 is 4.79 Å². The molecule has 0 aliphatic carbocycles. The number of para-hydroxylation sites is 1. The number of rotatable bonds is 4. The maximum Gasteiger partial charge on any atom is 0.259 e. The Morgan fingerprint density at radius 1 is 1.00 bits per heavy atom. The molecule has 3 heterocycles. The van der Waals surface area contributed by atoms with Crippen LogP contribution in [0.25, 0.3) is 21.8 Å². The normalized spacial score (nSPS) is 11.0. The van der Waals surface area contributed by atoms with Gasteiger partial charge in [0.2, 0.25) is 0 Å². The van der Waals surface area contributed by atoms with E-state index in [9.17, 15) is 4.79 Å². The smallest absolute Gasteiger partial charge is 0.259 e. The highest BCUT2D eigenvalue weighted by Gasteiger charge is 2.14. The van der Waals surface area contributed by atoms with Crippen LogP contribution >= 0.6 is 0 Å². The van der Waals surface area contributed by atoms with Crippen LogP contribution in [0.2, 0.25) is 0 Å². The number of nitrogens with one attached hydrogen (secondary N) is 4. The van der Waals surface area contributed by atoms with E-state index in [1.807, 2.05) is 48.7 Å². The first kappa shape index (κ1) is 16.1. The minimum Gasteiger partial charge on any atom is -0.359 e. The number of fused-ring (bicyclic) bond motifs is 2. The number of carbonyl (C=O) groups excluding carboxylic acids is 1. The van der Waals surface area contributed by atoms with E-state index in [4.69, 9.17) is 0 Å². The molecule has 0 saturated carbocycles. The van der Waals surface area contributed by atoms with Crippen molar-refractivity contribution in [2.75, 3.05) is 10.6 Å². The fraction of sp³-hybridized carbons (Fsp3) is 0. The molecule has 0 spiro atoms. The summed E-state index contributed by atoms with van der Waals surface area (Å²) in [5.74, 6) is 0.248. The van der Waals surface area contributed by atoms with Crippen LogP contribution < -0.4 is 10.6 Å². The van der Waals surface area contributed by atoms with E-state index in [1.165, 1.54) is 0 Å². The summed E-state index contributed by atoms with van der Waals surface area (Å²) >= 11 is 0. The number of carbonyl (C=O) groups is 1. The van der Waals surface area contributed by atoms with Crippen LogP contribution in [0.15, 0.2) is 73.2 Å². The van der Waals surface area contributed by atoms with Gasteiger partial charge in [-0.1, -0.05) is 12.1 Å². The Bertz CT molecular complexity index is 1300. The number of aromatic nitrogens is 4. The van der Waals surface area contributed by atoms with Crippen molar-refractivity contribution >= 4 is 44.9 Å². The van der Waals surface area contributed by atoms with E-state index in [2.05, 4.69) is 30.8 Å². The fourth-order valence-electron chi connectivity index (χ4n) is 3.22. The third-order valence-electron chi connectivity index (χ3n) is 4.59. The molecule has 5 rings (SSSR count). The van der Waals surface area contributed by atoms with Crippen molar-refractivity contribution in [3.8, 4) is 0 Å². The number of benzene rings is 2. The molecule has 0 atom stereocenters. The van der Waals surface area contributed by atoms with E-state index in [-0.39, 0.29) is 5.91 Å². The van der Waals surface area contributed by atoms with Gasteiger partial charge >= 0.3 is 0 Å². The summed E-state index contributed by atoms with van der Waals surface area (Å²) in [5, 5.41) is 15.2. The van der Waals surface area contributed by atoms with Gasteiger partial charge in [0.25, 0.3) is 5.91 Å². The molecule has 0 saturated heterocycles. The van der Waals surface area contributed by atoms with Crippen molar-refractivity contribution in [1.29, 1.82) is 0 Å². The highest BCUT2D eigenvalue weighted by Crippen LogP contribution is 2.25. The maximum atomic E-state index is 12.9. The zero-order valence-electron chi connectivity index (χ0n) is 14.7. The highest BCUT2D eigenvalue weighted by molar-refractivity contribution is 6.11. The number of hydrogen-bond acceptors (Lipinski definition) is 4. The molecule has 5 aromatic rings. The van der Waals surface area contributed by atoms with Crippen molar-refractivity contribution in [2.45, 2.75) is 0 Å². The zero-order valence-corrected chi connectivity index (χ0v) is 14.7. The zero-order chi connectivity index (χ0) is 18.9. The molecular weight excluding hydrogens is 352 g/mol. The van der Waals surface area contributed by atoms with E-state index >= 15 is 0 Å². The van der Waals surface area contributed by atoms with Crippen LogP contribution in [-0.2, 0) is 0 Å². The monoisotopic (exact) mass is 368 g/mol. The summed E-state index contributed by atoms with van der Waals surface area (Å²) in [6.45, 7) is 0. The Labute approximate surface area is 159 Å². The molecule has 0 aliphatic heterocycles. The van der Waals surface area contributed by atoms with Gasteiger partial charge in [-0.2, -0.15) is 5.10 Å². The van der Waals surface area contributed by atoms with Gasteiger partial charge < -0.3 is 15.6 Å². The summed E-state index contributed by atoms with van der Waals surface area (Å²) in [7, 11) is 0. The van der Waals surface area contributed by atoms with Crippen LogP contribution in [0.1, 0.15) is 10.4 Å². The predicted molar refractivity (Wildman–Crippen MR) is 110 cm³/mol. The van der Waals surface area contributed by atoms with E-state index < -0.39 is 0 Å². The van der Waals surface area contributed by atoms with Gasteiger partial charge in [0.05, 0.1) is 28.5 Å². The summed E-state index contributed by atoms with van der Waals surface area (Å²) < 4.78 is 0. The molecule has 136 valence electrons. The lowest BCUT2D eigenvalue weighted by Gasteiger charge is -2.12. The number of aromatic amines is 2. The fourth-order valence-corrected chi connectivity index (χ4v) is 3.22. The van der Waals surface area contributed by atoms with Crippen molar-refractivity contribution in [3.05, 3.63) is 78.8 Å². The average molecular weight is 368 g/mol. The highest BCUT2D eigenvalue weighted by atomic mass is 16.1. The van der Waals surface area contributed by atoms with Crippen molar-refractivity contribution in [2.24, 2.45) is 0 Å². The van der Waals surface area contributed by atoms with Gasteiger partial charge in [-0.15, -0.1) is 0 Å². The Morgan fingerprint density at radius 3 is 2.93 bits per heavy atom. The predicted octanol–water partition coefficient (Wildman–Crippen LogP) is 4.44. The third-order valence-corrected chi connectivity index (χ3v) is 4.59. The molecule has 0 aliphatic rings. The molecule has 7 heteroatoms. The molecule has 0 bridgehead atoms. The Balaban J connectivity index is 1.45. The lowest BCUT2D eigenvalue weighted by atomic mass is 10.2. The average Bonchev–Trinajstić information content (AvgIpc) is 3.37. The molecule has 1 amide bonds. The van der Waals surface area contributed by atoms with Crippen LogP contribution in [0.4, 0.5) is 17.2 Å². The van der Waals surface area contributed by atoms with Gasteiger partial charge in [0.15, 0.2) is 0 Å². The summed E-state index contributed by atoms with van der Waals surface area (Å²) in [4.78, 5) is 20.5. The standard InChI is InChI=1S/C21H16N6O/c28-21(26-17-5-1-3-13-8-10-22-19(13)17)16-4-2-9-23-20(16)25-15-7-6-14-12-24-27-18(14)11-15/h1-12,22H,(H,23,25)(H,24,27)(H,26,28). The molecule has 7 nitrogen and oxygen atoms in total. The SMILES string of the molecule is O=C(Nc1cccc2cc[nH]c12)c1cccnc1Nc1ccc2cn[nH]c2c1. The molecule has 0 radical (unpaired) electrons. The van der Waals surface area contributed by atoms with Gasteiger partial charge in [-0.05, 0) is 42.5 Å². The molecule has 4 N–H and O–H groups in total. The number of hydrogen-bond donors (Lipinski definition) is 4. The summed E-state index contributed by atoms with van der Waals surface area (Å²) in [6.07, 6.45) is 5.27. The van der Waals surface area contributed by atoms with Crippen LogP contribution in [0, 0.1) is 0 Å². The number of amides is 1. The van der Waals surface area contributed by atoms with Crippen LogP contribution in [0.5, 0.6) is 0 Å². The first-order valence-electron chi connectivity index (χ1n) is 8.80. The topological polar surface area (TPSA) is 98.5 Å². The Kier molecular flexibility index (Phi) is 3.76. The lowest BCUT2D eigenvalue weighted by Crippen LogP contribution is -2.15. The van der Waals surface area contributed by atoms with Crippen molar-refractivity contribution in [1.82, 2.24) is 20.2 Å². The number of pyridine rings is 1. The minimum absolute atomic E-state index is 0.236. The van der Waals surface area contributed by atoms with Gasteiger partial charge in [0.1, 0.15) is 5.82 Å². The largest absolute Gasteiger partial charge is 0.359 e. The minimum atomic E-state index is -0.236. The maximum absolute atomic E-state index is 12.9. The van der Waals surface area contributed by atoms with Crippen molar-refractivity contribution in [3.63, 3.8) is 0 Å². The molecular formula is C21H16N6O. The van der Waals surface area contributed by atoms with Crippen LogP contribution in [-0.4, -0.2) is 26.1 Å². The second-order valence-electron chi connectivity index (χ2n) is 6.40. The first-order valence-corrected chi connectivity index (χ1v) is 8.80. The summed E-state index contributed by atoms with van der Waals surface area (Å²) in [6, 6.07) is 17.0. The first-order chi connectivity index (χ1) is 13.8. The second-order valence-corrected chi connectivity index (χ2v) is 6.40. The van der Waals surface area contributed by atoms with Gasteiger partial charge in [0, 0.05) is 28.9 Å². The lowest BCUT2D eigenvalue weighted by molar-refractivity contribution is 0.102. The Hall–Kier alpha value is -4.13. The van der Waals surface area contributed by atoms with E-state index in [0.29, 0.717) is 11.4 Å². The molecule has 0 fully saturated rings. The molecule has 28 heavy (non-hydrogen) atoms. The molecule has 2 aromatic carbocycles. The van der Waals surface area contributed by atoms with E-state index in [0.717, 1.165) is 33.2 Å². The number of anilines is 3. The van der Waals surface area contributed by atoms with E-state index in [1.54, 1.807) is 24.5 Å². The van der Waals surface area contributed by atoms with Gasteiger partial charge in [-0.3, -0.25) is 9.89 Å². The number of nitrogens with zero attached hydrogens (tertiary/aromatic N) is 2. The molecule has 3 aromatic heterocycles. The number of H-pyrrole nitrogens is 2. The molecule has 0 unspecified atom stereocenters. The quantitative estimate of drug-likeness (QED) is 0.377.